The monoisotopic (exact) mass is 220 g/mol. The molecule has 0 radical (unpaired) electrons. The quantitative estimate of drug-likeness (QED) is 0.768. The van der Waals surface area contributed by atoms with Crippen LogP contribution in [0.1, 0.15) is 19.2 Å². The zero-order chi connectivity index (χ0) is 11.5. The lowest BCUT2D eigenvalue weighted by molar-refractivity contribution is -0.117. The first-order valence-corrected chi connectivity index (χ1v) is 4.96. The molecular formula is C10H12N4O2. The van der Waals surface area contributed by atoms with Gasteiger partial charge >= 0.3 is 0 Å². The summed E-state index contributed by atoms with van der Waals surface area (Å²) in [5, 5.41) is 7.84. The number of nitrogens with zero attached hydrogens (tertiary/aromatic N) is 4. The fraction of sp³-hybridized carbons (Fsp3) is 0.400. The number of Topliss-reactive ketones (excluding diaryl/α,β-unsaturated/α-hetero) is 1. The second-order valence-electron chi connectivity index (χ2n) is 3.62. The summed E-state index contributed by atoms with van der Waals surface area (Å²) in [5.74, 6) is 1.10. The van der Waals surface area contributed by atoms with Gasteiger partial charge in [-0.05, 0) is 6.92 Å². The molecule has 2 heterocycles. The molecule has 0 aliphatic rings. The van der Waals surface area contributed by atoms with Gasteiger partial charge in [0.25, 0.3) is 0 Å². The van der Waals surface area contributed by atoms with E-state index in [-0.39, 0.29) is 5.78 Å². The summed E-state index contributed by atoms with van der Waals surface area (Å²) in [6, 6.07) is 0. The number of carbonyl (C=O) groups is 1. The van der Waals surface area contributed by atoms with Crippen LogP contribution in [0.25, 0.3) is 11.4 Å². The van der Waals surface area contributed by atoms with Crippen molar-refractivity contribution >= 4 is 5.78 Å². The highest BCUT2D eigenvalue weighted by Crippen LogP contribution is 2.14. The van der Waals surface area contributed by atoms with E-state index in [9.17, 15) is 4.79 Å². The highest BCUT2D eigenvalue weighted by atomic mass is 16.5. The van der Waals surface area contributed by atoms with Gasteiger partial charge < -0.3 is 9.32 Å². The molecule has 0 aromatic carbocycles. The largest absolute Gasteiger partial charge is 0.339 e. The van der Waals surface area contributed by atoms with Gasteiger partial charge in [0, 0.05) is 26.1 Å². The average Bonchev–Trinajstić information content (AvgIpc) is 2.83. The van der Waals surface area contributed by atoms with Crippen LogP contribution in [-0.4, -0.2) is 25.7 Å². The Hall–Kier alpha value is -1.98. The minimum atomic E-state index is 0.112. The molecule has 6 heteroatoms. The fourth-order valence-corrected chi connectivity index (χ4v) is 1.29. The second-order valence-corrected chi connectivity index (χ2v) is 3.62. The van der Waals surface area contributed by atoms with E-state index < -0.39 is 0 Å². The Kier molecular flexibility index (Phi) is 2.80. The van der Waals surface area contributed by atoms with E-state index >= 15 is 0 Å². The van der Waals surface area contributed by atoms with E-state index in [1.165, 1.54) is 0 Å². The zero-order valence-electron chi connectivity index (χ0n) is 9.17. The van der Waals surface area contributed by atoms with Gasteiger partial charge in [0.1, 0.15) is 5.78 Å². The molecule has 84 valence electrons. The molecule has 0 amide bonds. The summed E-state index contributed by atoms with van der Waals surface area (Å²) >= 11 is 0. The molecule has 0 bridgehead atoms. The average molecular weight is 220 g/mol. The van der Waals surface area contributed by atoms with Gasteiger partial charge in [-0.1, -0.05) is 5.16 Å². The Morgan fingerprint density at radius 3 is 3.00 bits per heavy atom. The van der Waals surface area contributed by atoms with E-state index in [1.54, 1.807) is 24.0 Å². The summed E-state index contributed by atoms with van der Waals surface area (Å²) in [6.07, 6.45) is 4.39. The van der Waals surface area contributed by atoms with Crippen molar-refractivity contribution in [3.05, 3.63) is 18.3 Å². The molecule has 0 saturated heterocycles. The highest BCUT2D eigenvalue weighted by molar-refractivity contribution is 5.75. The lowest BCUT2D eigenvalue weighted by Crippen LogP contribution is -1.93. The van der Waals surface area contributed by atoms with E-state index in [2.05, 4.69) is 15.2 Å². The number of aryl methyl sites for hydroxylation is 2. The van der Waals surface area contributed by atoms with E-state index in [4.69, 9.17) is 4.52 Å². The predicted octanol–water partition coefficient (Wildman–Crippen LogP) is 0.992. The van der Waals surface area contributed by atoms with Crippen molar-refractivity contribution < 1.29 is 9.32 Å². The molecule has 2 rings (SSSR count). The second kappa shape index (κ2) is 4.26. The minimum absolute atomic E-state index is 0.112. The topological polar surface area (TPSA) is 73.8 Å². The first-order valence-electron chi connectivity index (χ1n) is 4.96. The van der Waals surface area contributed by atoms with Crippen molar-refractivity contribution in [2.75, 3.05) is 0 Å². The van der Waals surface area contributed by atoms with Crippen molar-refractivity contribution in [1.82, 2.24) is 19.9 Å². The van der Waals surface area contributed by atoms with Gasteiger partial charge in [0.15, 0.2) is 0 Å². The van der Waals surface area contributed by atoms with Gasteiger partial charge in [-0.3, -0.25) is 4.68 Å². The van der Waals surface area contributed by atoms with Crippen molar-refractivity contribution in [2.45, 2.75) is 19.8 Å². The Labute approximate surface area is 92.3 Å². The Bertz CT molecular complexity index is 500. The SMILES string of the molecule is CC(=O)CCc1nc(-c2cnn(C)c2)no1. The van der Waals surface area contributed by atoms with E-state index in [0.717, 1.165) is 5.56 Å². The minimum Gasteiger partial charge on any atom is -0.339 e. The summed E-state index contributed by atoms with van der Waals surface area (Å²) < 4.78 is 6.70. The van der Waals surface area contributed by atoms with Crippen LogP contribution in [-0.2, 0) is 18.3 Å². The van der Waals surface area contributed by atoms with Gasteiger partial charge in [0.2, 0.25) is 11.7 Å². The van der Waals surface area contributed by atoms with Crippen LogP contribution in [0.4, 0.5) is 0 Å². The molecule has 2 aromatic rings. The number of ketones is 1. The molecule has 0 fully saturated rings. The van der Waals surface area contributed by atoms with E-state index in [0.29, 0.717) is 24.6 Å². The summed E-state index contributed by atoms with van der Waals surface area (Å²) in [5.41, 5.74) is 0.806. The molecule has 6 nitrogen and oxygen atoms in total. The summed E-state index contributed by atoms with van der Waals surface area (Å²) in [6.45, 7) is 1.54. The van der Waals surface area contributed by atoms with Gasteiger partial charge in [-0.2, -0.15) is 10.1 Å². The van der Waals surface area contributed by atoms with E-state index in [1.807, 2.05) is 7.05 Å². The number of hydrogen-bond donors (Lipinski definition) is 0. The lowest BCUT2D eigenvalue weighted by Gasteiger charge is -1.88. The maximum atomic E-state index is 10.8. The normalized spacial score (nSPS) is 10.6. The molecular weight excluding hydrogens is 208 g/mol. The van der Waals surface area contributed by atoms with Crippen molar-refractivity contribution in [3.8, 4) is 11.4 Å². The van der Waals surface area contributed by atoms with Gasteiger partial charge in [0.05, 0.1) is 11.8 Å². The molecule has 0 unspecified atom stereocenters. The van der Waals surface area contributed by atoms with Gasteiger partial charge in [-0.15, -0.1) is 0 Å². The molecule has 0 aliphatic carbocycles. The first kappa shape index (κ1) is 10.5. The van der Waals surface area contributed by atoms with Crippen molar-refractivity contribution in [3.63, 3.8) is 0 Å². The van der Waals surface area contributed by atoms with Crippen LogP contribution >= 0.6 is 0 Å². The van der Waals surface area contributed by atoms with Crippen molar-refractivity contribution in [1.29, 1.82) is 0 Å². The smallest absolute Gasteiger partial charge is 0.227 e. The predicted molar refractivity (Wildman–Crippen MR) is 55.5 cm³/mol. The molecule has 0 spiro atoms. The Morgan fingerprint density at radius 1 is 1.56 bits per heavy atom. The lowest BCUT2D eigenvalue weighted by atomic mass is 10.2. The molecule has 2 aromatic heterocycles. The Morgan fingerprint density at radius 2 is 2.38 bits per heavy atom. The third-order valence-electron chi connectivity index (χ3n) is 2.12. The molecule has 0 N–H and O–H groups in total. The van der Waals surface area contributed by atoms with Crippen LogP contribution < -0.4 is 0 Å². The molecule has 16 heavy (non-hydrogen) atoms. The third-order valence-corrected chi connectivity index (χ3v) is 2.12. The zero-order valence-corrected chi connectivity index (χ0v) is 9.17. The number of hydrogen-bond acceptors (Lipinski definition) is 5. The molecule has 0 aliphatic heterocycles. The van der Waals surface area contributed by atoms with Crippen LogP contribution in [0.5, 0.6) is 0 Å². The van der Waals surface area contributed by atoms with Crippen LogP contribution in [0.15, 0.2) is 16.9 Å². The Balaban J connectivity index is 2.10. The number of carbonyl (C=O) groups excluding carboxylic acids is 1. The highest BCUT2D eigenvalue weighted by Gasteiger charge is 2.10. The first-order chi connectivity index (χ1) is 7.65. The fourth-order valence-electron chi connectivity index (χ4n) is 1.29. The van der Waals surface area contributed by atoms with Crippen LogP contribution in [0.2, 0.25) is 0 Å². The maximum Gasteiger partial charge on any atom is 0.227 e. The summed E-state index contributed by atoms with van der Waals surface area (Å²) in [4.78, 5) is 15.0. The number of aromatic nitrogens is 4. The van der Waals surface area contributed by atoms with Crippen LogP contribution in [0, 0.1) is 0 Å². The summed E-state index contributed by atoms with van der Waals surface area (Å²) in [7, 11) is 1.82. The maximum absolute atomic E-state index is 10.8. The third kappa shape index (κ3) is 2.33. The van der Waals surface area contributed by atoms with Crippen molar-refractivity contribution in [2.24, 2.45) is 7.05 Å². The van der Waals surface area contributed by atoms with Gasteiger partial charge in [-0.25, -0.2) is 0 Å². The number of rotatable bonds is 4. The van der Waals surface area contributed by atoms with Crippen LogP contribution in [0.3, 0.4) is 0 Å². The molecule has 0 atom stereocenters. The molecule has 0 saturated carbocycles. The standard InChI is InChI=1S/C10H12N4O2/c1-7(15)3-4-9-12-10(13-16-9)8-5-11-14(2)6-8/h5-6H,3-4H2,1-2H3.